The van der Waals surface area contributed by atoms with Crippen molar-refractivity contribution < 1.29 is 24.9 Å². The Hall–Kier alpha value is -1.91. The summed E-state index contributed by atoms with van der Waals surface area (Å²) in [5.74, 6) is -0.826. The number of hydrogen-bond acceptors (Lipinski definition) is 5. The summed E-state index contributed by atoms with van der Waals surface area (Å²) in [5, 5.41) is 31.0. The molecule has 0 aromatic heterocycles. The molecule has 0 spiro atoms. The van der Waals surface area contributed by atoms with E-state index in [1.54, 1.807) is 0 Å². The Bertz CT molecular complexity index is 712. The van der Waals surface area contributed by atoms with Crippen molar-refractivity contribution in [2.24, 2.45) is 11.8 Å². The normalized spacial score (nSPS) is 23.7. The van der Waals surface area contributed by atoms with Gasteiger partial charge < -0.3 is 20.1 Å². The third kappa shape index (κ3) is 5.22. The van der Waals surface area contributed by atoms with Crippen LogP contribution in [0.1, 0.15) is 112 Å². The van der Waals surface area contributed by atoms with Crippen LogP contribution in [0.25, 0.3) is 0 Å². The average Bonchev–Trinajstić information content (AvgIpc) is 2.76. The van der Waals surface area contributed by atoms with Gasteiger partial charge in [0.1, 0.15) is 0 Å². The van der Waals surface area contributed by atoms with Crippen LogP contribution in [0.5, 0.6) is 17.2 Å². The highest BCUT2D eigenvalue weighted by Gasteiger charge is 2.39. The maximum atomic E-state index is 12.9. The molecule has 5 heteroatoms. The van der Waals surface area contributed by atoms with E-state index in [2.05, 4.69) is 6.92 Å². The van der Waals surface area contributed by atoms with E-state index in [4.69, 9.17) is 4.74 Å². The number of benzene rings is 1. The Kier molecular flexibility index (Phi) is 8.29. The number of rotatable bonds is 9. The van der Waals surface area contributed by atoms with Gasteiger partial charge in [-0.25, -0.2) is 4.79 Å². The van der Waals surface area contributed by atoms with Gasteiger partial charge in [0.05, 0.1) is 12.2 Å². The van der Waals surface area contributed by atoms with Gasteiger partial charge in [-0.2, -0.15) is 0 Å². The second-order valence-corrected chi connectivity index (χ2v) is 9.20. The molecule has 3 rings (SSSR count). The second kappa shape index (κ2) is 10.9. The Morgan fingerprint density at radius 3 is 2.43 bits per heavy atom. The first-order valence-corrected chi connectivity index (χ1v) is 12.0. The molecule has 0 aliphatic heterocycles. The van der Waals surface area contributed by atoms with Gasteiger partial charge in [-0.05, 0) is 43.1 Å². The van der Waals surface area contributed by atoms with E-state index >= 15 is 0 Å². The first-order chi connectivity index (χ1) is 14.5. The molecule has 5 nitrogen and oxygen atoms in total. The number of phenolic OH excluding ortho intramolecular Hbond substituents is 3. The third-order valence-electron chi connectivity index (χ3n) is 7.19. The van der Waals surface area contributed by atoms with Gasteiger partial charge in [-0.3, -0.25) is 0 Å². The summed E-state index contributed by atoms with van der Waals surface area (Å²) < 4.78 is 5.51. The number of phenols is 3. The Labute approximate surface area is 180 Å². The lowest BCUT2D eigenvalue weighted by atomic mass is 9.63. The summed E-state index contributed by atoms with van der Waals surface area (Å²) in [7, 11) is 0. The highest BCUT2D eigenvalue weighted by atomic mass is 16.5. The fraction of sp³-hybridized carbons (Fsp3) is 0.720. The van der Waals surface area contributed by atoms with Gasteiger partial charge in [0.25, 0.3) is 0 Å². The zero-order chi connectivity index (χ0) is 21.5. The van der Waals surface area contributed by atoms with Gasteiger partial charge in [-0.15, -0.1) is 0 Å². The number of ether oxygens (including phenoxy) is 1. The van der Waals surface area contributed by atoms with Crippen molar-refractivity contribution in [1.29, 1.82) is 0 Å². The number of fused-ring (bicyclic) bond motifs is 1. The largest absolute Gasteiger partial charge is 0.504 e. The first-order valence-electron chi connectivity index (χ1n) is 12.0. The topological polar surface area (TPSA) is 87.0 Å². The Balaban J connectivity index is 1.75. The summed E-state index contributed by atoms with van der Waals surface area (Å²) >= 11 is 0. The quantitative estimate of drug-likeness (QED) is 0.245. The van der Waals surface area contributed by atoms with Crippen LogP contribution in [0.4, 0.5) is 0 Å². The molecule has 2 fully saturated rings. The molecule has 0 amide bonds. The van der Waals surface area contributed by atoms with Crippen LogP contribution in [0.2, 0.25) is 0 Å². The minimum Gasteiger partial charge on any atom is -0.504 e. The fourth-order valence-corrected chi connectivity index (χ4v) is 5.63. The van der Waals surface area contributed by atoms with Crippen LogP contribution in [0, 0.1) is 11.8 Å². The number of carbonyl (C=O) groups is 1. The Morgan fingerprint density at radius 1 is 0.933 bits per heavy atom. The highest BCUT2D eigenvalue weighted by Crippen LogP contribution is 2.53. The minimum atomic E-state index is -0.532. The van der Waals surface area contributed by atoms with Crippen LogP contribution in [0.3, 0.4) is 0 Å². The lowest BCUT2D eigenvalue weighted by Crippen LogP contribution is -2.30. The van der Waals surface area contributed by atoms with Crippen LogP contribution in [-0.4, -0.2) is 27.9 Å². The molecule has 30 heavy (non-hydrogen) atoms. The summed E-state index contributed by atoms with van der Waals surface area (Å²) in [6, 6.07) is 1.28. The summed E-state index contributed by atoms with van der Waals surface area (Å²) in [5.41, 5.74) is 0.694. The predicted molar refractivity (Wildman–Crippen MR) is 117 cm³/mol. The number of esters is 1. The van der Waals surface area contributed by atoms with Crippen LogP contribution in [-0.2, 0) is 4.74 Å². The number of aromatic hydroxyl groups is 3. The number of unbranched alkanes of at least 4 members (excludes halogenated alkanes) is 5. The molecule has 0 radical (unpaired) electrons. The van der Waals surface area contributed by atoms with Gasteiger partial charge in [0, 0.05) is 5.56 Å². The number of hydrogen-bond donors (Lipinski definition) is 3. The van der Waals surface area contributed by atoms with Crippen LogP contribution < -0.4 is 0 Å². The molecule has 3 unspecified atom stereocenters. The smallest absolute Gasteiger partial charge is 0.338 e. The SMILES string of the molecule is CCCCCCCCOC(=O)c1cc(O)c(O)c(O)c1C1CCCC2CCCCC21. The molecular formula is C25H38O5. The van der Waals surface area contributed by atoms with E-state index in [1.165, 1.54) is 51.0 Å². The lowest BCUT2D eigenvalue weighted by Gasteiger charge is -2.42. The monoisotopic (exact) mass is 418 g/mol. The van der Waals surface area contributed by atoms with Crippen molar-refractivity contribution in [3.05, 3.63) is 17.2 Å². The molecule has 2 saturated carbocycles. The van der Waals surface area contributed by atoms with E-state index in [1.807, 2.05) is 0 Å². The first kappa shape index (κ1) is 22.8. The fourth-order valence-electron chi connectivity index (χ4n) is 5.63. The average molecular weight is 419 g/mol. The summed E-state index contributed by atoms with van der Waals surface area (Å²) in [6.07, 6.45) is 14.5. The molecule has 2 aliphatic carbocycles. The van der Waals surface area contributed by atoms with Gasteiger partial charge >= 0.3 is 5.97 Å². The molecule has 0 saturated heterocycles. The molecule has 3 atom stereocenters. The zero-order valence-corrected chi connectivity index (χ0v) is 18.4. The standard InChI is InChI=1S/C25H38O5/c1-2-3-4-5-6-9-15-30-25(29)20-16-21(26)23(27)24(28)22(20)19-14-10-12-17-11-7-8-13-18(17)19/h16-19,26-28H,2-15H2,1H3. The lowest BCUT2D eigenvalue weighted by molar-refractivity contribution is 0.0491. The van der Waals surface area contributed by atoms with Crippen molar-refractivity contribution in [2.75, 3.05) is 6.61 Å². The van der Waals surface area contributed by atoms with Gasteiger partial charge in [0.2, 0.25) is 5.75 Å². The maximum Gasteiger partial charge on any atom is 0.338 e. The molecular weight excluding hydrogens is 380 g/mol. The van der Waals surface area contributed by atoms with Crippen molar-refractivity contribution in [2.45, 2.75) is 96.3 Å². The third-order valence-corrected chi connectivity index (χ3v) is 7.19. The van der Waals surface area contributed by atoms with E-state index in [0.717, 1.165) is 38.5 Å². The van der Waals surface area contributed by atoms with Gasteiger partial charge in [-0.1, -0.05) is 71.1 Å². The van der Waals surface area contributed by atoms with Crippen molar-refractivity contribution in [1.82, 2.24) is 0 Å². The second-order valence-electron chi connectivity index (χ2n) is 9.20. The molecule has 1 aromatic carbocycles. The zero-order valence-electron chi connectivity index (χ0n) is 18.4. The van der Waals surface area contributed by atoms with E-state index in [0.29, 0.717) is 24.0 Å². The van der Waals surface area contributed by atoms with E-state index in [-0.39, 0.29) is 17.2 Å². The molecule has 0 bridgehead atoms. The van der Waals surface area contributed by atoms with Gasteiger partial charge in [0.15, 0.2) is 11.5 Å². The molecule has 0 heterocycles. The van der Waals surface area contributed by atoms with E-state index in [9.17, 15) is 20.1 Å². The molecule has 3 N–H and O–H groups in total. The van der Waals surface area contributed by atoms with Crippen LogP contribution >= 0.6 is 0 Å². The molecule has 2 aliphatic rings. The maximum absolute atomic E-state index is 12.9. The van der Waals surface area contributed by atoms with Crippen molar-refractivity contribution >= 4 is 5.97 Å². The highest BCUT2D eigenvalue weighted by molar-refractivity contribution is 5.93. The summed E-state index contributed by atoms with van der Waals surface area (Å²) in [6.45, 7) is 2.52. The van der Waals surface area contributed by atoms with Crippen LogP contribution in [0.15, 0.2) is 6.07 Å². The summed E-state index contributed by atoms with van der Waals surface area (Å²) in [4.78, 5) is 12.9. The number of carbonyl (C=O) groups excluding carboxylic acids is 1. The molecule has 1 aromatic rings. The van der Waals surface area contributed by atoms with Crippen molar-refractivity contribution in [3.8, 4) is 17.2 Å². The minimum absolute atomic E-state index is 0.0205. The van der Waals surface area contributed by atoms with Crippen molar-refractivity contribution in [3.63, 3.8) is 0 Å². The molecule has 168 valence electrons. The predicted octanol–water partition coefficient (Wildman–Crippen LogP) is 6.39. The Morgan fingerprint density at radius 2 is 1.63 bits per heavy atom. The van der Waals surface area contributed by atoms with E-state index < -0.39 is 17.5 Å².